The summed E-state index contributed by atoms with van der Waals surface area (Å²) in [6, 6.07) is 6.12. The monoisotopic (exact) mass is 342 g/mol. The van der Waals surface area contributed by atoms with E-state index in [4.69, 9.17) is 23.1 Å². The lowest BCUT2D eigenvalue weighted by Gasteiger charge is -1.99. The average Bonchev–Trinajstić information content (AvgIpc) is 2.42. The van der Waals surface area contributed by atoms with Crippen LogP contribution in [0.25, 0.3) is 0 Å². The van der Waals surface area contributed by atoms with Crippen molar-refractivity contribution in [1.82, 2.24) is 0 Å². The first-order valence-corrected chi connectivity index (χ1v) is 6.40. The third-order valence-electron chi connectivity index (χ3n) is 2.69. The van der Waals surface area contributed by atoms with Gasteiger partial charge in [0.2, 0.25) is 0 Å². The van der Waals surface area contributed by atoms with Crippen molar-refractivity contribution >= 4 is 34.4 Å². The van der Waals surface area contributed by atoms with E-state index in [1.54, 1.807) is 0 Å². The summed E-state index contributed by atoms with van der Waals surface area (Å²) in [7, 11) is 0. The van der Waals surface area contributed by atoms with Crippen LogP contribution in [0.3, 0.4) is 0 Å². The lowest BCUT2D eigenvalue weighted by Crippen LogP contribution is -1.97. The molecule has 0 spiro atoms. The molecule has 8 nitrogen and oxygen atoms in total. The van der Waals surface area contributed by atoms with E-state index in [1.807, 2.05) is 0 Å². The van der Waals surface area contributed by atoms with E-state index in [0.717, 1.165) is 12.1 Å². The van der Waals surface area contributed by atoms with E-state index < -0.39 is 15.7 Å². The number of nitrogens with two attached hydrogens (primary N) is 2. The predicted molar refractivity (Wildman–Crippen MR) is 84.7 cm³/mol. The minimum atomic E-state index is -0.637. The third kappa shape index (κ3) is 4.78. The molecule has 0 atom stereocenters. The summed E-state index contributed by atoms with van der Waals surface area (Å²) in [5, 5.41) is 20.9. The highest BCUT2D eigenvalue weighted by Crippen LogP contribution is 2.24. The zero-order chi connectivity index (χ0) is 17.7. The van der Waals surface area contributed by atoms with Crippen LogP contribution in [0.5, 0.6) is 0 Å². The molecular weight excluding hydrogens is 331 g/mol. The smallest absolute Gasteiger partial charge is 0.292 e. The summed E-state index contributed by atoms with van der Waals surface area (Å²) in [5.74, 6) is -0.530. The molecule has 0 saturated heterocycles. The van der Waals surface area contributed by atoms with Gasteiger partial charge in [-0.2, -0.15) is 0 Å². The highest BCUT2D eigenvalue weighted by atomic mass is 35.5. The Morgan fingerprint density at radius 2 is 1.52 bits per heavy atom. The van der Waals surface area contributed by atoms with E-state index in [-0.39, 0.29) is 28.3 Å². The number of halogens is 2. The standard InChI is InChI=1S/C7H7FN2O2.C6H5ClN2O2/c1-4-2-7(10(11)12)6(9)3-5(4)8;7-4-1-2-6(9(10)11)5(8)3-4/h2-3H,9H2,1H3;1-3H,8H2. The van der Waals surface area contributed by atoms with Gasteiger partial charge in [-0.15, -0.1) is 0 Å². The van der Waals surface area contributed by atoms with Crippen LogP contribution in [0.1, 0.15) is 5.56 Å². The number of aryl methyl sites for hydroxylation is 1. The summed E-state index contributed by atoms with van der Waals surface area (Å²) >= 11 is 5.52. The normalized spacial score (nSPS) is 9.70. The fourth-order valence-electron chi connectivity index (χ4n) is 1.53. The van der Waals surface area contributed by atoms with Gasteiger partial charge in [0.15, 0.2) is 0 Å². The molecule has 0 fully saturated rings. The second-order valence-corrected chi connectivity index (χ2v) is 4.81. The molecule has 2 aromatic carbocycles. The Labute approximate surface area is 134 Å². The van der Waals surface area contributed by atoms with Gasteiger partial charge in [0.25, 0.3) is 11.4 Å². The van der Waals surface area contributed by atoms with Gasteiger partial charge in [-0.3, -0.25) is 20.2 Å². The number of nitrogen functional groups attached to an aromatic ring is 2. The lowest BCUT2D eigenvalue weighted by atomic mass is 10.2. The molecule has 0 aliphatic heterocycles. The SMILES string of the molecule is Cc1cc([N+](=O)[O-])c(N)cc1F.Nc1cc(Cl)ccc1[N+](=O)[O-]. The third-order valence-corrected chi connectivity index (χ3v) is 2.93. The number of nitrogens with zero attached hydrogens (tertiary/aromatic N) is 2. The van der Waals surface area contributed by atoms with Crippen LogP contribution in [-0.4, -0.2) is 9.85 Å². The van der Waals surface area contributed by atoms with Crippen LogP contribution in [0.2, 0.25) is 5.02 Å². The van der Waals surface area contributed by atoms with E-state index >= 15 is 0 Å². The van der Waals surface area contributed by atoms with Crippen molar-refractivity contribution in [1.29, 1.82) is 0 Å². The number of anilines is 2. The van der Waals surface area contributed by atoms with E-state index in [1.165, 1.54) is 25.1 Å². The molecular formula is C13H12ClFN4O4. The maximum absolute atomic E-state index is 12.7. The van der Waals surface area contributed by atoms with Gasteiger partial charge >= 0.3 is 0 Å². The number of hydrogen-bond donors (Lipinski definition) is 2. The fraction of sp³-hybridized carbons (Fsp3) is 0.0769. The van der Waals surface area contributed by atoms with Gasteiger partial charge in [0, 0.05) is 23.2 Å². The van der Waals surface area contributed by atoms with Gasteiger partial charge in [-0.05, 0) is 24.6 Å². The predicted octanol–water partition coefficient (Wildman–Crippen LogP) is 3.45. The lowest BCUT2D eigenvalue weighted by molar-refractivity contribution is -0.384. The second kappa shape index (κ2) is 7.36. The largest absolute Gasteiger partial charge is 0.393 e. The van der Waals surface area contributed by atoms with Crippen molar-refractivity contribution in [3.63, 3.8) is 0 Å². The molecule has 0 saturated carbocycles. The van der Waals surface area contributed by atoms with E-state index in [9.17, 15) is 24.6 Å². The maximum atomic E-state index is 12.7. The highest BCUT2D eigenvalue weighted by molar-refractivity contribution is 6.30. The molecule has 0 amide bonds. The van der Waals surface area contributed by atoms with Crippen LogP contribution in [-0.2, 0) is 0 Å². The molecule has 0 heterocycles. The van der Waals surface area contributed by atoms with E-state index in [0.29, 0.717) is 5.02 Å². The molecule has 2 aromatic rings. The molecule has 4 N–H and O–H groups in total. The first-order chi connectivity index (χ1) is 10.6. The van der Waals surface area contributed by atoms with Crippen molar-refractivity contribution in [2.24, 2.45) is 0 Å². The quantitative estimate of drug-likeness (QED) is 0.486. The fourth-order valence-corrected chi connectivity index (χ4v) is 1.71. The van der Waals surface area contributed by atoms with Crippen LogP contribution >= 0.6 is 11.6 Å². The first kappa shape index (κ1) is 18.1. The second-order valence-electron chi connectivity index (χ2n) is 4.38. The van der Waals surface area contributed by atoms with Crippen molar-refractivity contribution in [3.8, 4) is 0 Å². The Bertz CT molecular complexity index is 770. The number of hydrogen-bond acceptors (Lipinski definition) is 6. The molecule has 23 heavy (non-hydrogen) atoms. The summed E-state index contributed by atoms with van der Waals surface area (Å²) in [4.78, 5) is 19.3. The molecule has 10 heteroatoms. The Morgan fingerprint density at radius 3 is 2.00 bits per heavy atom. The average molecular weight is 343 g/mol. The van der Waals surface area contributed by atoms with Gasteiger partial charge in [-0.1, -0.05) is 11.6 Å². The van der Waals surface area contributed by atoms with Crippen molar-refractivity contribution in [2.75, 3.05) is 11.5 Å². The van der Waals surface area contributed by atoms with Gasteiger partial charge in [0.1, 0.15) is 17.2 Å². The number of benzene rings is 2. The van der Waals surface area contributed by atoms with Crippen LogP contribution in [0, 0.1) is 33.0 Å². The van der Waals surface area contributed by atoms with Crippen LogP contribution < -0.4 is 11.5 Å². The minimum Gasteiger partial charge on any atom is -0.393 e. The van der Waals surface area contributed by atoms with Crippen LogP contribution in [0.4, 0.5) is 27.1 Å². The van der Waals surface area contributed by atoms with Crippen molar-refractivity contribution in [2.45, 2.75) is 6.92 Å². The summed E-state index contributed by atoms with van der Waals surface area (Å²) < 4.78 is 12.7. The number of nitro benzene ring substituents is 2. The number of nitro groups is 2. The minimum absolute atomic E-state index is 0.0856. The van der Waals surface area contributed by atoms with Gasteiger partial charge in [0.05, 0.1) is 9.85 Å². The topological polar surface area (TPSA) is 138 Å². The molecule has 0 bridgehead atoms. The van der Waals surface area contributed by atoms with Crippen LogP contribution in [0.15, 0.2) is 30.3 Å². The first-order valence-electron chi connectivity index (χ1n) is 6.03. The Kier molecular flexibility index (Phi) is 5.80. The molecule has 0 aromatic heterocycles. The zero-order valence-electron chi connectivity index (χ0n) is 11.8. The highest BCUT2D eigenvalue weighted by Gasteiger charge is 2.13. The van der Waals surface area contributed by atoms with Gasteiger partial charge in [-0.25, -0.2) is 4.39 Å². The van der Waals surface area contributed by atoms with Crippen molar-refractivity contribution in [3.05, 3.63) is 67.0 Å². The van der Waals surface area contributed by atoms with Gasteiger partial charge < -0.3 is 11.5 Å². The molecule has 0 radical (unpaired) electrons. The molecule has 2 rings (SSSR count). The Hall–Kier alpha value is -2.94. The molecule has 0 aliphatic carbocycles. The zero-order valence-corrected chi connectivity index (χ0v) is 12.6. The Morgan fingerprint density at radius 1 is 1.00 bits per heavy atom. The summed E-state index contributed by atoms with van der Waals surface area (Å²) in [6.45, 7) is 1.45. The Balaban J connectivity index is 0.000000231. The number of rotatable bonds is 2. The molecule has 122 valence electrons. The molecule has 0 aliphatic rings. The van der Waals surface area contributed by atoms with Crippen molar-refractivity contribution < 1.29 is 14.2 Å². The molecule has 0 unspecified atom stereocenters. The van der Waals surface area contributed by atoms with E-state index in [2.05, 4.69) is 0 Å². The summed E-state index contributed by atoms with van der Waals surface area (Å²) in [5.41, 5.74) is 10.3. The maximum Gasteiger partial charge on any atom is 0.292 e. The summed E-state index contributed by atoms with van der Waals surface area (Å²) in [6.07, 6.45) is 0.